The van der Waals surface area contributed by atoms with Gasteiger partial charge in [0, 0.05) is 23.2 Å². The Bertz CT molecular complexity index is 912. The summed E-state index contributed by atoms with van der Waals surface area (Å²) in [7, 11) is 0. The second-order valence-electron chi connectivity index (χ2n) is 5.42. The van der Waals surface area contributed by atoms with Crippen molar-refractivity contribution >= 4 is 29.0 Å². The third kappa shape index (κ3) is 4.45. The molecule has 1 N–H and O–H groups in total. The molecule has 0 atom stereocenters. The van der Waals surface area contributed by atoms with E-state index in [1.54, 1.807) is 6.07 Å². The van der Waals surface area contributed by atoms with Crippen LogP contribution in [0.3, 0.4) is 0 Å². The fourth-order valence-corrected chi connectivity index (χ4v) is 2.66. The molecule has 0 spiro atoms. The van der Waals surface area contributed by atoms with Gasteiger partial charge in [-0.25, -0.2) is 9.97 Å². The number of alkyl halides is 3. The minimum absolute atomic E-state index is 0.177. The smallest absolute Gasteiger partial charge is 0.366 e. The van der Waals surface area contributed by atoms with Crippen molar-refractivity contribution in [2.24, 2.45) is 0 Å². The van der Waals surface area contributed by atoms with Gasteiger partial charge in [0.2, 0.25) is 0 Å². The molecular weight excluding hydrogens is 386 g/mol. The number of rotatable bonds is 4. The summed E-state index contributed by atoms with van der Waals surface area (Å²) in [6.45, 7) is 0.416. The third-order valence-corrected chi connectivity index (χ3v) is 4.15. The van der Waals surface area contributed by atoms with Crippen LogP contribution < -0.4 is 5.32 Å². The van der Waals surface area contributed by atoms with Crippen molar-refractivity contribution in [2.45, 2.75) is 12.7 Å². The van der Waals surface area contributed by atoms with Crippen molar-refractivity contribution < 1.29 is 13.2 Å². The van der Waals surface area contributed by atoms with E-state index < -0.39 is 11.7 Å². The SMILES string of the molecule is FC(F)(F)c1ccc(-c2nc(Cl)cc(NCc3ccccc3Cl)n2)cc1. The molecule has 0 aliphatic heterocycles. The maximum absolute atomic E-state index is 12.7. The van der Waals surface area contributed by atoms with Gasteiger partial charge in [-0.2, -0.15) is 13.2 Å². The van der Waals surface area contributed by atoms with Gasteiger partial charge in [-0.3, -0.25) is 0 Å². The topological polar surface area (TPSA) is 37.8 Å². The fourth-order valence-electron chi connectivity index (χ4n) is 2.27. The maximum Gasteiger partial charge on any atom is 0.416 e. The molecule has 3 aromatic rings. The monoisotopic (exact) mass is 397 g/mol. The van der Waals surface area contributed by atoms with E-state index in [0.717, 1.165) is 17.7 Å². The zero-order valence-corrected chi connectivity index (χ0v) is 14.7. The first kappa shape index (κ1) is 18.5. The van der Waals surface area contributed by atoms with Crippen LogP contribution in [0.15, 0.2) is 54.6 Å². The second kappa shape index (κ2) is 7.51. The molecule has 134 valence electrons. The van der Waals surface area contributed by atoms with Crippen LogP contribution >= 0.6 is 23.2 Å². The van der Waals surface area contributed by atoms with Crippen LogP contribution in [0.25, 0.3) is 11.4 Å². The molecule has 0 aliphatic rings. The minimum atomic E-state index is -4.39. The number of aromatic nitrogens is 2. The van der Waals surface area contributed by atoms with Crippen LogP contribution in [-0.4, -0.2) is 9.97 Å². The average molecular weight is 398 g/mol. The van der Waals surface area contributed by atoms with E-state index >= 15 is 0 Å². The van der Waals surface area contributed by atoms with E-state index in [2.05, 4.69) is 15.3 Å². The Morgan fingerprint density at radius 2 is 1.62 bits per heavy atom. The highest BCUT2D eigenvalue weighted by Gasteiger charge is 2.30. The van der Waals surface area contributed by atoms with Crippen molar-refractivity contribution in [2.75, 3.05) is 5.32 Å². The second-order valence-corrected chi connectivity index (χ2v) is 6.21. The van der Waals surface area contributed by atoms with E-state index in [9.17, 15) is 13.2 Å². The zero-order valence-electron chi connectivity index (χ0n) is 13.2. The van der Waals surface area contributed by atoms with E-state index in [1.165, 1.54) is 18.2 Å². The number of halogens is 5. The van der Waals surface area contributed by atoms with Gasteiger partial charge in [-0.15, -0.1) is 0 Å². The van der Waals surface area contributed by atoms with E-state index in [4.69, 9.17) is 23.2 Å². The first-order valence-electron chi connectivity index (χ1n) is 7.52. The normalized spacial score (nSPS) is 11.4. The summed E-state index contributed by atoms with van der Waals surface area (Å²) < 4.78 is 38.0. The van der Waals surface area contributed by atoms with Crippen LogP contribution in [0.5, 0.6) is 0 Å². The number of hydrogen-bond donors (Lipinski definition) is 1. The number of nitrogens with zero attached hydrogens (tertiary/aromatic N) is 2. The first-order valence-corrected chi connectivity index (χ1v) is 8.28. The Labute approximate surface area is 157 Å². The molecule has 1 aromatic heterocycles. The Kier molecular flexibility index (Phi) is 5.34. The lowest BCUT2D eigenvalue weighted by atomic mass is 10.1. The molecule has 8 heteroatoms. The van der Waals surface area contributed by atoms with Gasteiger partial charge in [0.15, 0.2) is 5.82 Å². The van der Waals surface area contributed by atoms with E-state index in [1.807, 2.05) is 18.2 Å². The molecule has 0 saturated heterocycles. The summed E-state index contributed by atoms with van der Waals surface area (Å²) in [6.07, 6.45) is -4.39. The molecule has 0 unspecified atom stereocenters. The van der Waals surface area contributed by atoms with Crippen LogP contribution in [0.2, 0.25) is 10.2 Å². The predicted molar refractivity (Wildman–Crippen MR) is 96.3 cm³/mol. The lowest BCUT2D eigenvalue weighted by molar-refractivity contribution is -0.137. The van der Waals surface area contributed by atoms with E-state index in [-0.39, 0.29) is 11.0 Å². The largest absolute Gasteiger partial charge is 0.416 e. The molecular formula is C18H12Cl2F3N3. The highest BCUT2D eigenvalue weighted by atomic mass is 35.5. The van der Waals surface area contributed by atoms with Gasteiger partial charge < -0.3 is 5.32 Å². The van der Waals surface area contributed by atoms with Gasteiger partial charge in [0.25, 0.3) is 0 Å². The summed E-state index contributed by atoms with van der Waals surface area (Å²) in [5.74, 6) is 0.674. The number of nitrogens with one attached hydrogen (secondary N) is 1. The predicted octanol–water partition coefficient (Wildman–Crippen LogP) is 6.08. The van der Waals surface area contributed by atoms with Gasteiger partial charge in [-0.1, -0.05) is 53.5 Å². The third-order valence-electron chi connectivity index (χ3n) is 3.58. The average Bonchev–Trinajstić information content (AvgIpc) is 2.60. The van der Waals surface area contributed by atoms with Crippen molar-refractivity contribution in [3.8, 4) is 11.4 Å². The zero-order chi connectivity index (χ0) is 18.7. The van der Waals surface area contributed by atoms with Crippen LogP contribution in [0.1, 0.15) is 11.1 Å². The number of anilines is 1. The molecule has 0 saturated carbocycles. The maximum atomic E-state index is 12.7. The lowest BCUT2D eigenvalue weighted by Gasteiger charge is -2.10. The highest BCUT2D eigenvalue weighted by molar-refractivity contribution is 6.31. The van der Waals surface area contributed by atoms with Gasteiger partial charge in [-0.05, 0) is 23.8 Å². The molecule has 3 nitrogen and oxygen atoms in total. The Balaban J connectivity index is 1.82. The van der Waals surface area contributed by atoms with Crippen molar-refractivity contribution in [3.63, 3.8) is 0 Å². The Morgan fingerprint density at radius 1 is 0.923 bits per heavy atom. The molecule has 0 amide bonds. The molecule has 0 fully saturated rings. The van der Waals surface area contributed by atoms with Gasteiger partial charge >= 0.3 is 6.18 Å². The molecule has 26 heavy (non-hydrogen) atoms. The van der Waals surface area contributed by atoms with Crippen molar-refractivity contribution in [3.05, 3.63) is 75.9 Å². The quantitative estimate of drug-likeness (QED) is 0.541. The van der Waals surface area contributed by atoms with Crippen LogP contribution in [0.4, 0.5) is 19.0 Å². The number of benzene rings is 2. The lowest BCUT2D eigenvalue weighted by Crippen LogP contribution is -2.05. The Hall–Kier alpha value is -2.31. The summed E-state index contributed by atoms with van der Waals surface area (Å²) in [4.78, 5) is 8.38. The molecule has 0 bridgehead atoms. The molecule has 3 rings (SSSR count). The molecule has 1 heterocycles. The highest BCUT2D eigenvalue weighted by Crippen LogP contribution is 2.30. The summed E-state index contributed by atoms with van der Waals surface area (Å²) in [5, 5.41) is 3.88. The van der Waals surface area contributed by atoms with E-state index in [0.29, 0.717) is 22.9 Å². The standard InChI is InChI=1S/C18H12Cl2F3N3/c19-14-4-2-1-3-12(14)10-24-16-9-15(20)25-17(26-16)11-5-7-13(8-6-11)18(21,22)23/h1-9H,10H2,(H,24,25,26). The Morgan fingerprint density at radius 3 is 2.27 bits per heavy atom. The first-order chi connectivity index (χ1) is 12.3. The van der Waals surface area contributed by atoms with Crippen molar-refractivity contribution in [1.82, 2.24) is 9.97 Å². The van der Waals surface area contributed by atoms with Crippen LogP contribution in [-0.2, 0) is 12.7 Å². The fraction of sp³-hybridized carbons (Fsp3) is 0.111. The van der Waals surface area contributed by atoms with Crippen LogP contribution in [0, 0.1) is 0 Å². The van der Waals surface area contributed by atoms with Gasteiger partial charge in [0.05, 0.1) is 5.56 Å². The summed E-state index contributed by atoms with van der Waals surface area (Å²) in [5.41, 5.74) is 0.571. The molecule has 0 radical (unpaired) electrons. The van der Waals surface area contributed by atoms with Crippen molar-refractivity contribution in [1.29, 1.82) is 0 Å². The minimum Gasteiger partial charge on any atom is -0.366 e. The summed E-state index contributed by atoms with van der Waals surface area (Å²) in [6, 6.07) is 13.5. The molecule has 0 aliphatic carbocycles. The number of hydrogen-bond acceptors (Lipinski definition) is 3. The molecule has 2 aromatic carbocycles. The van der Waals surface area contributed by atoms with Gasteiger partial charge in [0.1, 0.15) is 11.0 Å². The summed E-state index contributed by atoms with van der Waals surface area (Å²) >= 11 is 12.1.